The van der Waals surface area contributed by atoms with Gasteiger partial charge >= 0.3 is 0 Å². The third kappa shape index (κ3) is 4.78. The van der Waals surface area contributed by atoms with Gasteiger partial charge in [0.2, 0.25) is 0 Å². The van der Waals surface area contributed by atoms with E-state index in [4.69, 9.17) is 9.73 Å². The number of carbonyl (C=O) groups excluding carboxylic acids is 1. The minimum absolute atomic E-state index is 0.150. The lowest BCUT2D eigenvalue weighted by Crippen LogP contribution is -2.43. The summed E-state index contributed by atoms with van der Waals surface area (Å²) in [6.07, 6.45) is 1.78. The number of ether oxygens (including phenoxy) is 1. The Labute approximate surface area is 234 Å². The number of methoxy groups -OCH3 is 1. The average molecular weight is 682 g/mol. The summed E-state index contributed by atoms with van der Waals surface area (Å²) in [5.74, 6) is 0.595. The van der Waals surface area contributed by atoms with E-state index in [9.17, 15) is 14.7 Å². The minimum atomic E-state index is -0.681. The van der Waals surface area contributed by atoms with Crippen molar-refractivity contribution in [1.29, 1.82) is 0 Å². The van der Waals surface area contributed by atoms with Gasteiger partial charge in [0.05, 0.1) is 31.0 Å². The highest BCUT2D eigenvalue weighted by atomic mass is 127. The fourth-order valence-corrected chi connectivity index (χ4v) is 6.83. The van der Waals surface area contributed by atoms with Gasteiger partial charge in [-0.2, -0.15) is 0 Å². The maximum atomic E-state index is 13.9. The maximum absolute atomic E-state index is 13.9. The molecule has 7 nitrogen and oxygen atoms in total. The number of benzene rings is 2. The fourth-order valence-electron chi connectivity index (χ4n) is 4.28. The molecular formula is C26H25BrIN3O4S. The molecule has 0 bridgehead atoms. The van der Waals surface area contributed by atoms with Crippen molar-refractivity contribution in [2.45, 2.75) is 26.8 Å². The predicted octanol–water partition coefficient (Wildman–Crippen LogP) is 4.18. The van der Waals surface area contributed by atoms with Crippen LogP contribution < -0.4 is 19.6 Å². The van der Waals surface area contributed by atoms with Gasteiger partial charge < -0.3 is 14.7 Å². The molecule has 36 heavy (non-hydrogen) atoms. The second-order valence-electron chi connectivity index (χ2n) is 8.13. The molecule has 2 heterocycles. The number of hydrogen-bond acceptors (Lipinski definition) is 6. The molecule has 188 valence electrons. The first-order valence-electron chi connectivity index (χ1n) is 11.3. The molecule has 0 aliphatic carbocycles. The molecule has 10 heteroatoms. The van der Waals surface area contributed by atoms with Crippen molar-refractivity contribution in [3.8, 4) is 11.5 Å². The van der Waals surface area contributed by atoms with Gasteiger partial charge in [0.15, 0.2) is 4.80 Å². The molecule has 1 amide bonds. The number of hydrogen-bond donors (Lipinski definition) is 1. The Bertz CT molecular complexity index is 1530. The Hall–Kier alpha value is -2.44. The highest BCUT2D eigenvalue weighted by Crippen LogP contribution is 2.36. The molecule has 1 N–H and O–H groups in total. The van der Waals surface area contributed by atoms with Gasteiger partial charge in [0, 0.05) is 18.7 Å². The number of phenols is 1. The van der Waals surface area contributed by atoms with Crippen LogP contribution in [0.5, 0.6) is 11.5 Å². The number of halogens is 2. The third-order valence-corrected chi connectivity index (χ3v) is 8.48. The van der Waals surface area contributed by atoms with Crippen molar-refractivity contribution in [3.05, 3.63) is 86.5 Å². The molecular weight excluding hydrogens is 657 g/mol. The van der Waals surface area contributed by atoms with E-state index in [-0.39, 0.29) is 17.2 Å². The molecule has 1 aliphatic rings. The van der Waals surface area contributed by atoms with Gasteiger partial charge in [-0.05, 0) is 89.1 Å². The van der Waals surface area contributed by atoms with Crippen LogP contribution in [-0.4, -0.2) is 40.7 Å². The van der Waals surface area contributed by atoms with Crippen LogP contribution in [0.4, 0.5) is 0 Å². The second-order valence-corrected chi connectivity index (χ2v) is 11.2. The summed E-state index contributed by atoms with van der Waals surface area (Å²) in [5, 5.41) is 10.1. The first-order valence-corrected chi connectivity index (χ1v) is 14.0. The first-order chi connectivity index (χ1) is 17.2. The van der Waals surface area contributed by atoms with Gasteiger partial charge in [-0.15, -0.1) is 0 Å². The molecule has 0 spiro atoms. The molecule has 0 unspecified atom stereocenters. The van der Waals surface area contributed by atoms with Crippen molar-refractivity contribution in [1.82, 2.24) is 9.47 Å². The highest BCUT2D eigenvalue weighted by Gasteiger charge is 2.35. The van der Waals surface area contributed by atoms with E-state index in [1.807, 2.05) is 67.6 Å². The van der Waals surface area contributed by atoms with Gasteiger partial charge in [-0.25, -0.2) is 4.99 Å². The number of thiazole rings is 1. The van der Waals surface area contributed by atoms with E-state index in [0.29, 0.717) is 47.5 Å². The number of phenolic OH excluding ortho intramolecular Hbond substituents is 1. The van der Waals surface area contributed by atoms with Crippen LogP contribution in [-0.2, 0) is 4.79 Å². The van der Waals surface area contributed by atoms with Crippen LogP contribution in [0.3, 0.4) is 0 Å². The van der Waals surface area contributed by atoms with Crippen molar-refractivity contribution >= 4 is 61.8 Å². The number of carbonyl (C=O) groups is 1. The Morgan fingerprint density at radius 2 is 2.00 bits per heavy atom. The summed E-state index contributed by atoms with van der Waals surface area (Å²) < 4.78 is 8.92. The lowest BCUT2D eigenvalue weighted by molar-refractivity contribution is -0.127. The lowest BCUT2D eigenvalue weighted by atomic mass is 9.94. The van der Waals surface area contributed by atoms with Crippen molar-refractivity contribution in [2.75, 3.05) is 20.2 Å². The summed E-state index contributed by atoms with van der Waals surface area (Å²) >= 11 is 6.68. The fraction of sp³-hybridized carbons (Fsp3) is 0.269. The summed E-state index contributed by atoms with van der Waals surface area (Å²) in [6, 6.07) is 10.3. The van der Waals surface area contributed by atoms with Crippen molar-refractivity contribution in [3.63, 3.8) is 0 Å². The number of para-hydroxylation sites is 1. The summed E-state index contributed by atoms with van der Waals surface area (Å²) in [5.41, 5.74) is 2.28. The normalized spacial score (nSPS) is 15.5. The summed E-state index contributed by atoms with van der Waals surface area (Å²) in [7, 11) is 1.58. The van der Waals surface area contributed by atoms with E-state index >= 15 is 0 Å². The van der Waals surface area contributed by atoms with E-state index in [1.165, 1.54) is 11.3 Å². The van der Waals surface area contributed by atoms with Gasteiger partial charge in [0.25, 0.3) is 11.5 Å². The standard InChI is InChI=1S/C26H25BrIN3O4S/c1-5-30(6-2)25(34)21-14(3)29-26-31(22(21)16-9-7-8-10-19(16)35-4)24(33)20(36-26)13-15-11-17(27)23(32)18(28)12-15/h7-13,22,32H,5-6H2,1-4H3/b20-13+/t22-/m0/s1. The van der Waals surface area contributed by atoms with Crippen LogP contribution in [0.1, 0.15) is 37.9 Å². The number of likely N-dealkylation sites (N-methyl/N-ethyl adjacent to an activating group) is 1. The molecule has 0 fully saturated rings. The zero-order valence-electron chi connectivity index (χ0n) is 20.2. The Balaban J connectivity index is 2.00. The largest absolute Gasteiger partial charge is 0.506 e. The number of allylic oxidation sites excluding steroid dienone is 1. The molecule has 0 saturated carbocycles. The number of aromatic nitrogens is 1. The van der Waals surface area contributed by atoms with E-state index < -0.39 is 6.04 Å². The third-order valence-electron chi connectivity index (χ3n) is 6.07. The summed E-state index contributed by atoms with van der Waals surface area (Å²) in [6.45, 7) is 6.77. The number of fused-ring (bicyclic) bond motifs is 1. The molecule has 1 aromatic heterocycles. The molecule has 0 saturated heterocycles. The SMILES string of the molecule is CCN(CC)C(=O)C1=C(C)N=c2s/c(=C/c3cc(Br)c(O)c(I)c3)c(=O)n2[C@H]1c1ccccc1OC. The second kappa shape index (κ2) is 10.9. The van der Waals surface area contributed by atoms with E-state index in [1.54, 1.807) is 34.8 Å². The zero-order valence-corrected chi connectivity index (χ0v) is 24.8. The Morgan fingerprint density at radius 1 is 1.31 bits per heavy atom. The van der Waals surface area contributed by atoms with Crippen LogP contribution in [0.25, 0.3) is 6.08 Å². The van der Waals surface area contributed by atoms with Gasteiger partial charge in [0.1, 0.15) is 17.5 Å². The van der Waals surface area contributed by atoms with Gasteiger partial charge in [-0.1, -0.05) is 29.5 Å². The minimum Gasteiger partial charge on any atom is -0.506 e. The molecule has 1 aliphatic heterocycles. The van der Waals surface area contributed by atoms with Crippen molar-refractivity contribution in [2.24, 2.45) is 4.99 Å². The first kappa shape index (κ1) is 26.6. The Kier molecular flexibility index (Phi) is 8.06. The number of aromatic hydroxyl groups is 1. The van der Waals surface area contributed by atoms with Gasteiger partial charge in [-0.3, -0.25) is 14.2 Å². The molecule has 1 atom stereocenters. The van der Waals surface area contributed by atoms with Crippen LogP contribution >= 0.6 is 49.9 Å². The lowest BCUT2D eigenvalue weighted by Gasteiger charge is -2.29. The topological polar surface area (TPSA) is 84.1 Å². The quantitative estimate of drug-likeness (QED) is 0.396. The molecule has 3 aromatic rings. The maximum Gasteiger partial charge on any atom is 0.271 e. The highest BCUT2D eigenvalue weighted by molar-refractivity contribution is 14.1. The summed E-state index contributed by atoms with van der Waals surface area (Å²) in [4.78, 5) is 34.5. The zero-order chi connectivity index (χ0) is 26.1. The Morgan fingerprint density at radius 3 is 2.64 bits per heavy atom. The average Bonchev–Trinajstić information content (AvgIpc) is 3.16. The smallest absolute Gasteiger partial charge is 0.271 e. The van der Waals surface area contributed by atoms with Crippen LogP contribution in [0.15, 0.2) is 61.9 Å². The molecule has 0 radical (unpaired) electrons. The predicted molar refractivity (Wildman–Crippen MR) is 153 cm³/mol. The van der Waals surface area contributed by atoms with Crippen LogP contribution in [0, 0.1) is 3.57 Å². The molecule has 4 rings (SSSR count). The number of amides is 1. The van der Waals surface area contributed by atoms with E-state index in [2.05, 4.69) is 15.9 Å². The van der Waals surface area contributed by atoms with E-state index in [0.717, 1.165) is 11.1 Å². The monoisotopic (exact) mass is 681 g/mol. The van der Waals surface area contributed by atoms with Crippen molar-refractivity contribution < 1.29 is 14.6 Å². The number of rotatable bonds is 6. The number of nitrogens with zero attached hydrogens (tertiary/aromatic N) is 3. The molecule has 2 aromatic carbocycles. The van der Waals surface area contributed by atoms with Crippen LogP contribution in [0.2, 0.25) is 0 Å².